The number of rotatable bonds is 17. The average molecular weight is 411 g/mol. The summed E-state index contributed by atoms with van der Waals surface area (Å²) in [6.07, 6.45) is 22.7. The van der Waals surface area contributed by atoms with Gasteiger partial charge >= 0.3 is 0 Å². The van der Waals surface area contributed by atoms with Gasteiger partial charge in [0.25, 0.3) is 0 Å². The van der Waals surface area contributed by atoms with Crippen LogP contribution in [0.5, 0.6) is 0 Å². The van der Waals surface area contributed by atoms with Crippen molar-refractivity contribution in [3.05, 3.63) is 0 Å². The van der Waals surface area contributed by atoms with Crippen LogP contribution in [0, 0.1) is 0 Å². The molecule has 134 valence electrons. The molecule has 23 heavy (non-hydrogen) atoms. The molecule has 0 radical (unpaired) electrons. The zero-order valence-corrected chi connectivity index (χ0v) is 20.2. The third-order valence-corrected chi connectivity index (χ3v) is 5.37. The molecule has 0 amide bonds. The quantitative estimate of drug-likeness (QED) is 0.156. The second kappa shape index (κ2) is 22.9. The van der Waals surface area contributed by atoms with E-state index in [-0.39, 0.29) is 19.5 Å². The Hall–Kier alpha value is 0.863. The number of thiocarbonyl (C=S) groups is 1. The van der Waals surface area contributed by atoms with Crippen LogP contribution in [0.2, 0.25) is 0 Å². The number of unbranched alkanes of at least 4 members (excludes halogenated alkanes) is 15. The van der Waals surface area contributed by atoms with E-state index in [0.29, 0.717) is 4.32 Å². The maximum absolute atomic E-state index is 5.45. The summed E-state index contributed by atoms with van der Waals surface area (Å²) in [5.41, 5.74) is 5.45. The van der Waals surface area contributed by atoms with Crippen molar-refractivity contribution in [3.8, 4) is 0 Å². The molecule has 0 unspecified atom stereocenters. The van der Waals surface area contributed by atoms with Gasteiger partial charge in [0.1, 0.15) is 4.32 Å². The van der Waals surface area contributed by atoms with Crippen molar-refractivity contribution in [3.63, 3.8) is 0 Å². The molecule has 0 saturated heterocycles. The van der Waals surface area contributed by atoms with Crippen molar-refractivity contribution < 1.29 is 19.5 Å². The SMILES string of the molecule is CCCCCCCCCCCCCCCCCCSC(N)=S.[Zn]. The molecule has 0 rings (SSSR count). The molecule has 0 heterocycles. The molecule has 0 aliphatic heterocycles. The van der Waals surface area contributed by atoms with Crippen LogP contribution in [-0.4, -0.2) is 10.1 Å². The Morgan fingerprint density at radius 2 is 0.957 bits per heavy atom. The summed E-state index contributed by atoms with van der Waals surface area (Å²) < 4.78 is 0.598. The molecule has 0 bridgehead atoms. The third kappa shape index (κ3) is 25.2. The fourth-order valence-corrected chi connectivity index (χ4v) is 3.62. The summed E-state index contributed by atoms with van der Waals surface area (Å²) in [5, 5.41) is 0. The van der Waals surface area contributed by atoms with Crippen molar-refractivity contribution >= 4 is 28.3 Å². The van der Waals surface area contributed by atoms with Gasteiger partial charge in [-0.2, -0.15) is 0 Å². The minimum atomic E-state index is 0. The monoisotopic (exact) mass is 409 g/mol. The molecule has 0 aromatic carbocycles. The Kier molecular flexibility index (Phi) is 25.9. The number of nitrogens with two attached hydrogens (primary N) is 1. The third-order valence-electron chi connectivity index (χ3n) is 4.24. The minimum Gasteiger partial charge on any atom is -0.385 e. The standard InChI is InChI=1S/C19H39NS2.Zn/c1-2-3-4-5-6-7-8-9-10-11-12-13-14-15-16-17-18-22-19(20)21;/h2-18H2,1H3,(H2,20,21);. The van der Waals surface area contributed by atoms with Crippen LogP contribution < -0.4 is 5.73 Å². The van der Waals surface area contributed by atoms with Crippen LogP contribution in [-0.2, 0) is 19.5 Å². The summed E-state index contributed by atoms with van der Waals surface area (Å²) >= 11 is 6.47. The molecule has 4 heteroatoms. The Balaban J connectivity index is 0. The van der Waals surface area contributed by atoms with Gasteiger partial charge in [-0.25, -0.2) is 0 Å². The van der Waals surface area contributed by atoms with E-state index in [1.54, 1.807) is 11.8 Å². The number of hydrogen-bond acceptors (Lipinski definition) is 2. The molecule has 0 spiro atoms. The summed E-state index contributed by atoms with van der Waals surface area (Å²) in [6, 6.07) is 0. The van der Waals surface area contributed by atoms with Crippen molar-refractivity contribution in [1.82, 2.24) is 0 Å². The Labute approximate surface area is 168 Å². The predicted octanol–water partition coefficient (Wildman–Crippen LogP) is 7.22. The van der Waals surface area contributed by atoms with E-state index in [4.69, 9.17) is 18.0 Å². The van der Waals surface area contributed by atoms with Gasteiger partial charge in [-0.3, -0.25) is 0 Å². The van der Waals surface area contributed by atoms with Crippen molar-refractivity contribution in [2.75, 3.05) is 5.75 Å². The zero-order chi connectivity index (χ0) is 16.3. The molecule has 2 N–H and O–H groups in total. The van der Waals surface area contributed by atoms with Gasteiger partial charge in [0.05, 0.1) is 0 Å². The van der Waals surface area contributed by atoms with Crippen LogP contribution in [0.25, 0.3) is 0 Å². The number of hydrogen-bond donors (Lipinski definition) is 1. The number of thioether (sulfide) groups is 1. The Morgan fingerprint density at radius 3 is 1.26 bits per heavy atom. The first-order valence-electron chi connectivity index (χ1n) is 9.69. The first-order chi connectivity index (χ1) is 10.8. The predicted molar refractivity (Wildman–Crippen MR) is 109 cm³/mol. The van der Waals surface area contributed by atoms with Gasteiger partial charge < -0.3 is 5.73 Å². The summed E-state index contributed by atoms with van der Waals surface area (Å²) in [6.45, 7) is 2.29. The molecule has 0 aromatic rings. The molecular weight excluding hydrogens is 372 g/mol. The Morgan fingerprint density at radius 1 is 0.652 bits per heavy atom. The second-order valence-corrected chi connectivity index (χ2v) is 8.31. The van der Waals surface area contributed by atoms with Crippen LogP contribution in [0.3, 0.4) is 0 Å². The Bertz CT molecular complexity index is 237. The van der Waals surface area contributed by atoms with Gasteiger partial charge in [-0.05, 0) is 6.42 Å². The van der Waals surface area contributed by atoms with E-state index in [1.807, 2.05) is 0 Å². The van der Waals surface area contributed by atoms with Crippen molar-refractivity contribution in [2.24, 2.45) is 5.73 Å². The summed E-state index contributed by atoms with van der Waals surface area (Å²) in [5.74, 6) is 1.10. The normalized spacial score (nSPS) is 10.5. The van der Waals surface area contributed by atoms with Crippen LogP contribution >= 0.6 is 24.0 Å². The first kappa shape index (κ1) is 26.1. The smallest absolute Gasteiger partial charge is 0.131 e. The van der Waals surface area contributed by atoms with Gasteiger partial charge in [-0.1, -0.05) is 127 Å². The minimum absolute atomic E-state index is 0. The largest absolute Gasteiger partial charge is 0.385 e. The molecule has 0 aromatic heterocycles. The van der Waals surface area contributed by atoms with E-state index >= 15 is 0 Å². The topological polar surface area (TPSA) is 26.0 Å². The second-order valence-electron chi connectivity index (χ2n) is 6.47. The van der Waals surface area contributed by atoms with Gasteiger partial charge in [-0.15, -0.1) is 0 Å². The zero-order valence-electron chi connectivity index (χ0n) is 15.6. The maximum atomic E-state index is 5.45. The molecule has 0 atom stereocenters. The van der Waals surface area contributed by atoms with Gasteiger partial charge in [0.2, 0.25) is 0 Å². The molecule has 0 aliphatic carbocycles. The van der Waals surface area contributed by atoms with Crippen molar-refractivity contribution in [1.29, 1.82) is 0 Å². The average Bonchev–Trinajstić information content (AvgIpc) is 2.50. The van der Waals surface area contributed by atoms with Crippen LogP contribution in [0.15, 0.2) is 0 Å². The van der Waals surface area contributed by atoms with Gasteiger partial charge in [0, 0.05) is 25.2 Å². The fraction of sp³-hybridized carbons (Fsp3) is 0.947. The van der Waals surface area contributed by atoms with Crippen LogP contribution in [0.1, 0.15) is 110 Å². The molecule has 0 saturated carbocycles. The van der Waals surface area contributed by atoms with E-state index in [9.17, 15) is 0 Å². The molecular formula is C19H39NS2Zn. The molecule has 1 nitrogen and oxygen atoms in total. The maximum Gasteiger partial charge on any atom is 0.131 e. The molecule has 0 fully saturated rings. The van der Waals surface area contributed by atoms with Crippen molar-refractivity contribution in [2.45, 2.75) is 110 Å². The van der Waals surface area contributed by atoms with E-state index in [2.05, 4.69) is 6.92 Å². The summed E-state index contributed by atoms with van der Waals surface area (Å²) in [7, 11) is 0. The summed E-state index contributed by atoms with van der Waals surface area (Å²) in [4.78, 5) is 0. The van der Waals surface area contributed by atoms with E-state index < -0.39 is 0 Å². The van der Waals surface area contributed by atoms with Crippen LogP contribution in [0.4, 0.5) is 0 Å². The fourth-order valence-electron chi connectivity index (χ4n) is 2.82. The molecule has 0 aliphatic rings. The van der Waals surface area contributed by atoms with E-state index in [1.165, 1.54) is 103 Å². The first-order valence-corrected chi connectivity index (χ1v) is 11.1. The van der Waals surface area contributed by atoms with Gasteiger partial charge in [0.15, 0.2) is 0 Å². The van der Waals surface area contributed by atoms with E-state index in [0.717, 1.165) is 5.75 Å².